The molecule has 0 saturated carbocycles. The van der Waals surface area contributed by atoms with Crippen molar-refractivity contribution in [3.63, 3.8) is 0 Å². The SMILES string of the molecule is c1ccc(-c2ccc(N(c3ccc(-c4ccccc4)cc3)c3cc4c5c(c3)-n3c6ccccc6n6c7ccccc7c(c36)B5c3c5ccccc5n5c6ccccc6n-4c35)cc2)cc1. The maximum atomic E-state index is 2.57. The number of imidazole rings is 2. The van der Waals surface area contributed by atoms with Crippen molar-refractivity contribution in [3.05, 3.63) is 218 Å². The number of para-hydroxylation sites is 6. The highest BCUT2D eigenvalue weighted by atomic mass is 15.2. The molecule has 296 valence electrons. The third-order valence-electron chi connectivity index (χ3n) is 14.1. The van der Waals surface area contributed by atoms with Gasteiger partial charge in [0, 0.05) is 22.7 Å². The second kappa shape index (κ2) is 12.6. The Morgan fingerprint density at radius 2 is 0.656 bits per heavy atom. The van der Waals surface area contributed by atoms with E-state index in [-0.39, 0.29) is 6.71 Å². The van der Waals surface area contributed by atoms with Crippen LogP contribution in [0.25, 0.3) is 88.8 Å². The molecule has 9 aromatic carbocycles. The number of anilines is 3. The van der Waals surface area contributed by atoms with Crippen LogP contribution in [0.5, 0.6) is 0 Å². The molecule has 0 radical (unpaired) electrons. The van der Waals surface area contributed by atoms with E-state index in [1.54, 1.807) is 0 Å². The summed E-state index contributed by atoms with van der Waals surface area (Å²) in [6.07, 6.45) is 0. The predicted octanol–water partition coefficient (Wildman–Crippen LogP) is 12.3. The summed E-state index contributed by atoms with van der Waals surface area (Å²) in [6, 6.07) is 80.4. The summed E-state index contributed by atoms with van der Waals surface area (Å²) in [4.78, 5) is 2.45. The Balaban J connectivity index is 1.09. The zero-order valence-electron chi connectivity index (χ0n) is 34.6. The quantitative estimate of drug-likeness (QED) is 0.159. The van der Waals surface area contributed by atoms with E-state index in [2.05, 4.69) is 241 Å². The van der Waals surface area contributed by atoms with Gasteiger partial charge in [0.25, 0.3) is 6.71 Å². The molecule has 0 N–H and O–H groups in total. The Kier molecular flexibility index (Phi) is 6.70. The highest BCUT2D eigenvalue weighted by molar-refractivity contribution is 7.02. The van der Waals surface area contributed by atoms with Crippen molar-refractivity contribution in [2.75, 3.05) is 4.90 Å². The van der Waals surface area contributed by atoms with Crippen molar-refractivity contribution in [3.8, 4) is 33.6 Å². The molecule has 0 fully saturated rings. The maximum absolute atomic E-state index is 2.57. The first-order valence-corrected chi connectivity index (χ1v) is 22.1. The smallest absolute Gasteiger partial charge is 0.258 e. The van der Waals surface area contributed by atoms with Crippen LogP contribution in [0.2, 0.25) is 0 Å². The van der Waals surface area contributed by atoms with Gasteiger partial charge in [-0.3, -0.25) is 17.9 Å². The first kappa shape index (κ1) is 34.2. The van der Waals surface area contributed by atoms with Crippen LogP contribution in [0.15, 0.2) is 218 Å². The third kappa shape index (κ3) is 4.38. The van der Waals surface area contributed by atoms with Crippen molar-refractivity contribution in [2.24, 2.45) is 0 Å². The third-order valence-corrected chi connectivity index (χ3v) is 14.1. The number of fused-ring (bicyclic) bond motifs is 16. The number of benzene rings is 9. The Hall–Kier alpha value is -8.48. The maximum Gasteiger partial charge on any atom is 0.258 e. The van der Waals surface area contributed by atoms with E-state index in [4.69, 9.17) is 0 Å². The van der Waals surface area contributed by atoms with Gasteiger partial charge in [-0.2, -0.15) is 0 Å². The molecule has 6 heterocycles. The normalized spacial score (nSPS) is 12.7. The molecule has 2 aliphatic rings. The summed E-state index contributed by atoms with van der Waals surface area (Å²) >= 11 is 0. The standard InChI is InChI=1S/C58H36BN5/c1-3-15-37(16-4-1)39-27-31-41(32-28-39)60(42-33-29-40(30-34-42)38-17-5-2-6-18-38)43-35-52-56-53(36-43)64-51-26-14-12-24-49(51)62-47-22-10-8-20-45(47)55(58(62)64)59(56)54-44-19-7-9-21-46(44)61-48-23-11-13-25-50(48)63(52)57(54)61/h1-36H. The summed E-state index contributed by atoms with van der Waals surface area (Å²) in [5.41, 5.74) is 24.3. The molecule has 4 aromatic heterocycles. The molecule has 0 unspecified atom stereocenters. The number of hydrogen-bond donors (Lipinski definition) is 0. The molecule has 13 aromatic rings. The highest BCUT2D eigenvalue weighted by Crippen LogP contribution is 2.44. The summed E-state index contributed by atoms with van der Waals surface area (Å²) in [7, 11) is 0. The largest absolute Gasteiger partial charge is 0.310 e. The van der Waals surface area contributed by atoms with E-state index in [1.807, 2.05) is 0 Å². The molecule has 0 saturated heterocycles. The number of aromatic nitrogens is 4. The van der Waals surface area contributed by atoms with Crippen molar-refractivity contribution in [1.82, 2.24) is 17.9 Å². The Bertz CT molecular complexity index is 3800. The molecule has 6 heteroatoms. The zero-order valence-corrected chi connectivity index (χ0v) is 34.6. The van der Waals surface area contributed by atoms with E-state index in [1.165, 1.54) is 105 Å². The van der Waals surface area contributed by atoms with Gasteiger partial charge in [-0.15, -0.1) is 0 Å². The molecule has 0 amide bonds. The average molecular weight is 814 g/mol. The lowest BCUT2D eigenvalue weighted by Gasteiger charge is -2.34. The molecule has 64 heavy (non-hydrogen) atoms. The van der Waals surface area contributed by atoms with Crippen molar-refractivity contribution in [1.29, 1.82) is 0 Å². The van der Waals surface area contributed by atoms with E-state index < -0.39 is 0 Å². The highest BCUT2D eigenvalue weighted by Gasteiger charge is 2.45. The van der Waals surface area contributed by atoms with Gasteiger partial charge in [0.1, 0.15) is 11.3 Å². The van der Waals surface area contributed by atoms with Gasteiger partial charge >= 0.3 is 0 Å². The fourth-order valence-electron chi connectivity index (χ4n) is 11.6. The minimum atomic E-state index is -0.0127. The van der Waals surface area contributed by atoms with Crippen LogP contribution in [-0.2, 0) is 0 Å². The van der Waals surface area contributed by atoms with Crippen LogP contribution >= 0.6 is 0 Å². The van der Waals surface area contributed by atoms with E-state index in [0.29, 0.717) is 0 Å². The fourth-order valence-corrected chi connectivity index (χ4v) is 11.6. The molecule has 0 aliphatic carbocycles. The van der Waals surface area contributed by atoms with Gasteiger partial charge in [0.2, 0.25) is 0 Å². The molecular formula is C58H36BN5. The second-order valence-corrected chi connectivity index (χ2v) is 17.3. The molecule has 2 aliphatic heterocycles. The predicted molar refractivity (Wildman–Crippen MR) is 267 cm³/mol. The first-order valence-electron chi connectivity index (χ1n) is 22.1. The molecular weight excluding hydrogens is 777 g/mol. The topological polar surface area (TPSA) is 21.9 Å². The average Bonchev–Trinajstić information content (AvgIpc) is 4.10. The van der Waals surface area contributed by atoms with Gasteiger partial charge in [-0.1, -0.05) is 146 Å². The zero-order chi connectivity index (χ0) is 41.6. The van der Waals surface area contributed by atoms with Gasteiger partial charge in [-0.05, 0) is 122 Å². The number of hydrogen-bond acceptors (Lipinski definition) is 1. The Morgan fingerprint density at radius 3 is 1.09 bits per heavy atom. The van der Waals surface area contributed by atoms with Gasteiger partial charge in [-0.25, -0.2) is 0 Å². The molecule has 0 atom stereocenters. The van der Waals surface area contributed by atoms with Crippen molar-refractivity contribution < 1.29 is 0 Å². The molecule has 15 rings (SSSR count). The van der Waals surface area contributed by atoms with Crippen molar-refractivity contribution in [2.45, 2.75) is 0 Å². The van der Waals surface area contributed by atoms with Crippen LogP contribution in [0.3, 0.4) is 0 Å². The monoisotopic (exact) mass is 813 g/mol. The molecule has 5 nitrogen and oxygen atoms in total. The van der Waals surface area contributed by atoms with Crippen molar-refractivity contribution >= 4 is 95.3 Å². The van der Waals surface area contributed by atoms with Crippen LogP contribution in [0.1, 0.15) is 0 Å². The van der Waals surface area contributed by atoms with Crippen LogP contribution in [0, 0.1) is 0 Å². The van der Waals surface area contributed by atoms with Crippen LogP contribution in [-0.4, -0.2) is 24.6 Å². The lowest BCUT2D eigenvalue weighted by molar-refractivity contribution is 1.11. The van der Waals surface area contributed by atoms with Gasteiger partial charge in [0.15, 0.2) is 0 Å². The summed E-state index contributed by atoms with van der Waals surface area (Å²) in [5.74, 6) is 0. The number of rotatable bonds is 5. The van der Waals surface area contributed by atoms with E-state index in [0.717, 1.165) is 17.1 Å². The summed E-state index contributed by atoms with van der Waals surface area (Å²) in [6.45, 7) is -0.0127. The van der Waals surface area contributed by atoms with E-state index in [9.17, 15) is 0 Å². The Labute approximate surface area is 368 Å². The minimum absolute atomic E-state index is 0.0127. The lowest BCUT2D eigenvalue weighted by atomic mass is 9.34. The minimum Gasteiger partial charge on any atom is -0.310 e. The van der Waals surface area contributed by atoms with Gasteiger partial charge in [0.05, 0.1) is 38.8 Å². The van der Waals surface area contributed by atoms with Crippen LogP contribution in [0.4, 0.5) is 17.1 Å². The fraction of sp³-hybridized carbons (Fsp3) is 0. The van der Waals surface area contributed by atoms with E-state index >= 15 is 0 Å². The first-order chi connectivity index (χ1) is 31.8. The molecule has 0 spiro atoms. The Morgan fingerprint density at radius 1 is 0.297 bits per heavy atom. The summed E-state index contributed by atoms with van der Waals surface area (Å²) in [5, 5.41) is 2.60. The van der Waals surface area contributed by atoms with Crippen LogP contribution < -0.4 is 21.3 Å². The number of nitrogens with zero attached hydrogens (tertiary/aromatic N) is 5. The second-order valence-electron chi connectivity index (χ2n) is 17.3. The lowest BCUT2D eigenvalue weighted by Crippen LogP contribution is -2.59. The summed E-state index contributed by atoms with van der Waals surface area (Å²) < 4.78 is 10.2. The molecule has 0 bridgehead atoms. The van der Waals surface area contributed by atoms with Gasteiger partial charge < -0.3 is 4.90 Å².